The van der Waals surface area contributed by atoms with Gasteiger partial charge >= 0.3 is 0 Å². The van der Waals surface area contributed by atoms with Gasteiger partial charge in [-0.25, -0.2) is 8.42 Å². The van der Waals surface area contributed by atoms with Gasteiger partial charge in [-0.2, -0.15) is 4.31 Å². The third-order valence-electron chi connectivity index (χ3n) is 4.25. The normalized spacial score (nSPS) is 17.0. The van der Waals surface area contributed by atoms with Crippen molar-refractivity contribution in [3.63, 3.8) is 0 Å². The number of benzene rings is 1. The predicted molar refractivity (Wildman–Crippen MR) is 98.9 cm³/mol. The highest BCUT2D eigenvalue weighted by atomic mass is 32.2. The molecule has 2 rings (SSSR count). The first kappa shape index (κ1) is 19.9. The van der Waals surface area contributed by atoms with Crippen LogP contribution in [0, 0.1) is 0 Å². The highest BCUT2D eigenvalue weighted by molar-refractivity contribution is 7.89. The number of piperazine rings is 1. The van der Waals surface area contributed by atoms with Gasteiger partial charge in [0.25, 0.3) is 0 Å². The van der Waals surface area contributed by atoms with Crippen LogP contribution in [0.2, 0.25) is 0 Å². The average molecular weight is 368 g/mol. The summed E-state index contributed by atoms with van der Waals surface area (Å²) in [6.07, 6.45) is 2.00. The second-order valence-corrected chi connectivity index (χ2v) is 8.73. The monoisotopic (exact) mass is 367 g/mol. The molecule has 1 aromatic rings. The third-order valence-corrected chi connectivity index (χ3v) is 6.16. The van der Waals surface area contributed by atoms with Gasteiger partial charge in [0.15, 0.2) is 0 Å². The molecule has 0 bridgehead atoms. The van der Waals surface area contributed by atoms with Crippen LogP contribution in [-0.4, -0.2) is 62.3 Å². The number of nitrogens with zero attached hydrogens (tertiary/aromatic N) is 2. The molecular weight excluding hydrogens is 338 g/mol. The summed E-state index contributed by atoms with van der Waals surface area (Å²) in [6.45, 7) is 8.23. The lowest BCUT2D eigenvalue weighted by atomic mass is 10.1. The maximum absolute atomic E-state index is 12.8. The fourth-order valence-electron chi connectivity index (χ4n) is 2.96. The Labute approximate surface area is 151 Å². The summed E-state index contributed by atoms with van der Waals surface area (Å²) in [5, 5.41) is 2.86. The van der Waals surface area contributed by atoms with Crippen molar-refractivity contribution in [1.82, 2.24) is 14.5 Å². The second-order valence-electron chi connectivity index (χ2n) is 6.80. The van der Waals surface area contributed by atoms with Crippen LogP contribution in [0.5, 0.6) is 0 Å². The van der Waals surface area contributed by atoms with Crippen LogP contribution in [0.25, 0.3) is 0 Å². The Kier molecular flexibility index (Phi) is 6.98. The number of nitrogens with one attached hydrogen (secondary N) is 1. The lowest BCUT2D eigenvalue weighted by molar-refractivity contribution is -0.123. The van der Waals surface area contributed by atoms with Crippen molar-refractivity contribution >= 4 is 15.9 Å². The number of hydrogen-bond donors (Lipinski definition) is 1. The summed E-state index contributed by atoms with van der Waals surface area (Å²) in [5.41, 5.74) is 1.16. The minimum absolute atomic E-state index is 0.0159. The largest absolute Gasteiger partial charge is 0.353 e. The number of sulfonamides is 1. The van der Waals surface area contributed by atoms with Crippen molar-refractivity contribution in [1.29, 1.82) is 0 Å². The van der Waals surface area contributed by atoms with Crippen LogP contribution in [0.3, 0.4) is 0 Å². The summed E-state index contributed by atoms with van der Waals surface area (Å²) in [4.78, 5) is 14.2. The Morgan fingerprint density at radius 3 is 2.24 bits per heavy atom. The molecule has 1 N–H and O–H groups in total. The first-order valence-electron chi connectivity index (χ1n) is 8.93. The molecule has 0 aliphatic carbocycles. The number of carbonyl (C=O) groups is 1. The lowest BCUT2D eigenvalue weighted by Gasteiger charge is -2.33. The fourth-order valence-corrected chi connectivity index (χ4v) is 4.39. The highest BCUT2D eigenvalue weighted by Crippen LogP contribution is 2.18. The van der Waals surface area contributed by atoms with E-state index in [-0.39, 0.29) is 11.9 Å². The smallest absolute Gasteiger partial charge is 0.243 e. The molecule has 6 nitrogen and oxygen atoms in total. The standard InChI is InChI=1S/C18H29N3O3S/c1-4-5-16-6-8-17(9-7-16)25(23,24)21-12-10-20(11-13-21)14-18(22)19-15(2)3/h6-9,15H,4-5,10-14H2,1-3H3,(H,19,22). The van der Waals surface area contributed by atoms with E-state index < -0.39 is 10.0 Å². The van der Waals surface area contributed by atoms with E-state index in [1.54, 1.807) is 12.1 Å². The Morgan fingerprint density at radius 1 is 1.12 bits per heavy atom. The third kappa shape index (κ3) is 5.52. The zero-order valence-electron chi connectivity index (χ0n) is 15.4. The van der Waals surface area contributed by atoms with Gasteiger partial charge in [-0.3, -0.25) is 9.69 Å². The van der Waals surface area contributed by atoms with E-state index in [0.29, 0.717) is 37.6 Å². The average Bonchev–Trinajstić information content (AvgIpc) is 2.55. The number of rotatable bonds is 7. The van der Waals surface area contributed by atoms with Gasteiger partial charge in [0, 0.05) is 32.2 Å². The van der Waals surface area contributed by atoms with Crippen LogP contribution >= 0.6 is 0 Å². The van der Waals surface area contributed by atoms with E-state index in [2.05, 4.69) is 12.2 Å². The molecule has 0 atom stereocenters. The molecule has 0 aromatic heterocycles. The fraction of sp³-hybridized carbons (Fsp3) is 0.611. The Bertz CT molecular complexity index is 663. The molecule has 1 amide bonds. The van der Waals surface area contributed by atoms with Crippen molar-refractivity contribution in [2.24, 2.45) is 0 Å². The van der Waals surface area contributed by atoms with Gasteiger partial charge in [-0.1, -0.05) is 25.5 Å². The molecule has 0 spiro atoms. The van der Waals surface area contributed by atoms with Crippen LogP contribution in [-0.2, 0) is 21.2 Å². The molecule has 140 valence electrons. The van der Waals surface area contributed by atoms with Crippen molar-refractivity contribution in [3.8, 4) is 0 Å². The molecule has 25 heavy (non-hydrogen) atoms. The summed E-state index contributed by atoms with van der Waals surface area (Å²) < 4.78 is 27.0. The SMILES string of the molecule is CCCc1ccc(S(=O)(=O)N2CCN(CC(=O)NC(C)C)CC2)cc1. The van der Waals surface area contributed by atoms with Gasteiger partial charge in [-0.05, 0) is 38.0 Å². The van der Waals surface area contributed by atoms with Gasteiger partial charge in [-0.15, -0.1) is 0 Å². The summed E-state index contributed by atoms with van der Waals surface area (Å²) in [6, 6.07) is 7.29. The van der Waals surface area contributed by atoms with Gasteiger partial charge in [0.2, 0.25) is 15.9 Å². The topological polar surface area (TPSA) is 69.7 Å². The first-order valence-corrected chi connectivity index (χ1v) is 10.4. The zero-order valence-corrected chi connectivity index (χ0v) is 16.2. The van der Waals surface area contributed by atoms with Gasteiger partial charge < -0.3 is 5.32 Å². The summed E-state index contributed by atoms with van der Waals surface area (Å²) >= 11 is 0. The van der Waals surface area contributed by atoms with Crippen molar-refractivity contribution in [3.05, 3.63) is 29.8 Å². The summed E-state index contributed by atoms with van der Waals surface area (Å²) in [7, 11) is -3.46. The maximum Gasteiger partial charge on any atom is 0.243 e. The highest BCUT2D eigenvalue weighted by Gasteiger charge is 2.29. The Balaban J connectivity index is 1.93. The van der Waals surface area contributed by atoms with E-state index in [4.69, 9.17) is 0 Å². The maximum atomic E-state index is 12.8. The molecule has 0 saturated carbocycles. The minimum atomic E-state index is -3.46. The summed E-state index contributed by atoms with van der Waals surface area (Å²) in [5.74, 6) is -0.0159. The Morgan fingerprint density at radius 2 is 1.72 bits per heavy atom. The van der Waals surface area contributed by atoms with Crippen LogP contribution in [0.15, 0.2) is 29.2 Å². The molecule has 1 aromatic carbocycles. The Hall–Kier alpha value is -1.44. The first-order chi connectivity index (χ1) is 11.8. The molecule has 0 radical (unpaired) electrons. The molecule has 1 heterocycles. The van der Waals surface area contributed by atoms with Crippen LogP contribution < -0.4 is 5.32 Å². The lowest BCUT2D eigenvalue weighted by Crippen LogP contribution is -2.51. The van der Waals surface area contributed by atoms with E-state index in [1.165, 1.54) is 4.31 Å². The quantitative estimate of drug-likeness (QED) is 0.792. The number of aryl methyl sites for hydroxylation is 1. The molecule has 0 unspecified atom stereocenters. The molecule has 1 fully saturated rings. The minimum Gasteiger partial charge on any atom is -0.353 e. The van der Waals surface area contributed by atoms with E-state index >= 15 is 0 Å². The molecule has 1 saturated heterocycles. The van der Waals surface area contributed by atoms with Crippen LogP contribution in [0.4, 0.5) is 0 Å². The molecule has 1 aliphatic heterocycles. The van der Waals surface area contributed by atoms with E-state index in [9.17, 15) is 13.2 Å². The van der Waals surface area contributed by atoms with Crippen molar-refractivity contribution in [2.75, 3.05) is 32.7 Å². The molecule has 1 aliphatic rings. The molecule has 7 heteroatoms. The number of amides is 1. The van der Waals surface area contributed by atoms with Crippen molar-refractivity contribution in [2.45, 2.75) is 44.6 Å². The molecular formula is C18H29N3O3S. The number of carbonyl (C=O) groups excluding carboxylic acids is 1. The van der Waals surface area contributed by atoms with Gasteiger partial charge in [0.1, 0.15) is 0 Å². The van der Waals surface area contributed by atoms with Crippen molar-refractivity contribution < 1.29 is 13.2 Å². The number of hydrogen-bond acceptors (Lipinski definition) is 4. The predicted octanol–water partition coefficient (Wildman–Crippen LogP) is 1.47. The van der Waals surface area contributed by atoms with Gasteiger partial charge in [0.05, 0.1) is 11.4 Å². The zero-order chi connectivity index (χ0) is 18.4. The van der Waals surface area contributed by atoms with E-state index in [1.807, 2.05) is 30.9 Å². The van der Waals surface area contributed by atoms with Crippen LogP contribution in [0.1, 0.15) is 32.8 Å². The second kappa shape index (κ2) is 8.78. The van der Waals surface area contributed by atoms with E-state index in [0.717, 1.165) is 18.4 Å².